The minimum atomic E-state index is 0.635. The first-order valence-electron chi connectivity index (χ1n) is 10.7. The minimum Gasteiger partial charge on any atom is -0.497 e. The molecule has 0 N–H and O–H groups in total. The van der Waals surface area contributed by atoms with Gasteiger partial charge in [-0.1, -0.05) is 34.9 Å². The van der Waals surface area contributed by atoms with Crippen LogP contribution in [0.1, 0.15) is 27.8 Å². The first-order valence-corrected chi connectivity index (χ1v) is 10.7. The quantitative estimate of drug-likeness (QED) is 0.432. The van der Waals surface area contributed by atoms with E-state index in [4.69, 9.17) is 23.7 Å². The summed E-state index contributed by atoms with van der Waals surface area (Å²) >= 11 is 0. The Morgan fingerprint density at radius 1 is 0.364 bits per heavy atom. The maximum absolute atomic E-state index is 5.16. The van der Waals surface area contributed by atoms with E-state index in [0.29, 0.717) is 17.2 Å². The molecule has 0 atom stereocenters. The predicted octanol–water partition coefficient (Wildman–Crippen LogP) is 6.64. The van der Waals surface area contributed by atoms with Crippen molar-refractivity contribution in [1.82, 2.24) is 0 Å². The highest BCUT2D eigenvalue weighted by atomic mass is 16.5. The third kappa shape index (κ3) is 9.36. The van der Waals surface area contributed by atoms with Gasteiger partial charge in [-0.05, 0) is 70.0 Å². The van der Waals surface area contributed by atoms with Gasteiger partial charge in [0.2, 0.25) is 5.75 Å². The minimum absolute atomic E-state index is 0.635. The van der Waals surface area contributed by atoms with Gasteiger partial charge in [0.25, 0.3) is 0 Å². The molecule has 0 fully saturated rings. The summed E-state index contributed by atoms with van der Waals surface area (Å²) in [5, 5.41) is 0. The van der Waals surface area contributed by atoms with Crippen LogP contribution >= 0.6 is 0 Å². The van der Waals surface area contributed by atoms with Crippen LogP contribution in [0.25, 0.3) is 0 Å². The van der Waals surface area contributed by atoms with Gasteiger partial charge >= 0.3 is 0 Å². The topological polar surface area (TPSA) is 46.2 Å². The number of hydrogen-bond acceptors (Lipinski definition) is 5. The van der Waals surface area contributed by atoms with Gasteiger partial charge in [-0.3, -0.25) is 0 Å². The van der Waals surface area contributed by atoms with Crippen molar-refractivity contribution in [1.29, 1.82) is 0 Å². The lowest BCUT2D eigenvalue weighted by Crippen LogP contribution is -1.95. The molecule has 0 aromatic heterocycles. The van der Waals surface area contributed by atoms with Crippen molar-refractivity contribution in [3.63, 3.8) is 0 Å². The normalized spacial score (nSPS) is 9.52. The second-order valence-electron chi connectivity index (χ2n) is 7.76. The van der Waals surface area contributed by atoms with Gasteiger partial charge in [0.05, 0.1) is 35.5 Å². The largest absolute Gasteiger partial charge is 0.497 e. The van der Waals surface area contributed by atoms with Gasteiger partial charge < -0.3 is 23.7 Å². The fourth-order valence-corrected chi connectivity index (χ4v) is 3.36. The molecule has 5 nitrogen and oxygen atoms in total. The van der Waals surface area contributed by atoms with E-state index in [1.54, 1.807) is 35.5 Å². The molecule has 0 radical (unpaired) electrons. The molecule has 5 heteroatoms. The van der Waals surface area contributed by atoms with Crippen molar-refractivity contribution in [2.24, 2.45) is 0 Å². The van der Waals surface area contributed by atoms with Gasteiger partial charge in [0.1, 0.15) is 11.5 Å². The average Bonchev–Trinajstić information content (AvgIpc) is 2.77. The summed E-state index contributed by atoms with van der Waals surface area (Å²) in [5.41, 5.74) is 6.28. The van der Waals surface area contributed by atoms with Crippen molar-refractivity contribution >= 4 is 0 Å². The van der Waals surface area contributed by atoms with Crippen LogP contribution in [-0.4, -0.2) is 35.5 Å². The van der Waals surface area contributed by atoms with Crippen LogP contribution in [0, 0.1) is 34.6 Å². The fourth-order valence-electron chi connectivity index (χ4n) is 3.36. The number of ether oxygens (including phenoxy) is 5. The summed E-state index contributed by atoms with van der Waals surface area (Å²) < 4.78 is 25.6. The van der Waals surface area contributed by atoms with Gasteiger partial charge in [0.15, 0.2) is 11.5 Å². The zero-order valence-corrected chi connectivity index (χ0v) is 21.7. The molecular weight excluding hydrogens is 416 g/mol. The van der Waals surface area contributed by atoms with Gasteiger partial charge in [-0.2, -0.15) is 0 Å². The van der Waals surface area contributed by atoms with Crippen LogP contribution in [0.15, 0.2) is 48.5 Å². The molecule has 3 aromatic rings. The van der Waals surface area contributed by atoms with Crippen molar-refractivity contribution in [3.05, 3.63) is 76.3 Å². The van der Waals surface area contributed by atoms with E-state index in [-0.39, 0.29) is 0 Å². The van der Waals surface area contributed by atoms with Crippen LogP contribution < -0.4 is 23.7 Å². The summed E-state index contributed by atoms with van der Waals surface area (Å²) in [7, 11) is 8.10. The first kappa shape index (κ1) is 27.7. The molecule has 3 aromatic carbocycles. The van der Waals surface area contributed by atoms with Crippen molar-refractivity contribution in [2.45, 2.75) is 34.6 Å². The van der Waals surface area contributed by atoms with E-state index in [0.717, 1.165) is 22.6 Å². The molecule has 3 rings (SSSR count). The highest BCUT2D eigenvalue weighted by Gasteiger charge is 2.10. The third-order valence-corrected chi connectivity index (χ3v) is 4.67. The summed E-state index contributed by atoms with van der Waals surface area (Å²) in [6.07, 6.45) is 0. The Hall–Kier alpha value is -3.34. The number of benzene rings is 3. The van der Waals surface area contributed by atoms with E-state index >= 15 is 0 Å². The SMILES string of the molecule is COc1cc(C)cc(OC)c1.COc1cc(C)cc(OC)c1OC.Cc1cc(C)cc(C)c1. The molecule has 0 aliphatic carbocycles. The Bertz CT molecular complexity index is 913. The van der Waals surface area contributed by atoms with Crippen molar-refractivity contribution < 1.29 is 23.7 Å². The molecule has 0 spiro atoms. The van der Waals surface area contributed by atoms with E-state index < -0.39 is 0 Å². The molecule has 0 aliphatic rings. The monoisotopic (exact) mass is 454 g/mol. The number of hydrogen-bond donors (Lipinski definition) is 0. The maximum atomic E-state index is 5.16. The van der Waals surface area contributed by atoms with Crippen LogP contribution in [0.3, 0.4) is 0 Å². The summed E-state index contributed by atoms with van der Waals surface area (Å²) in [6.45, 7) is 10.4. The lowest BCUT2D eigenvalue weighted by molar-refractivity contribution is 0.324. The van der Waals surface area contributed by atoms with Crippen LogP contribution in [0.2, 0.25) is 0 Å². The van der Waals surface area contributed by atoms with E-state index in [2.05, 4.69) is 39.0 Å². The van der Waals surface area contributed by atoms with E-state index in [1.165, 1.54) is 16.7 Å². The molecular formula is C28H38O5. The summed E-state index contributed by atoms with van der Waals surface area (Å²) in [4.78, 5) is 0. The molecule has 0 aliphatic heterocycles. The van der Waals surface area contributed by atoms with Gasteiger partial charge in [-0.25, -0.2) is 0 Å². The number of aryl methyl sites for hydroxylation is 5. The predicted molar refractivity (Wildman–Crippen MR) is 136 cm³/mol. The Morgan fingerprint density at radius 2 is 0.697 bits per heavy atom. The highest BCUT2D eigenvalue weighted by molar-refractivity contribution is 5.53. The fraction of sp³-hybridized carbons (Fsp3) is 0.357. The van der Waals surface area contributed by atoms with Gasteiger partial charge in [-0.15, -0.1) is 0 Å². The molecule has 0 heterocycles. The van der Waals surface area contributed by atoms with Crippen LogP contribution in [-0.2, 0) is 0 Å². The van der Waals surface area contributed by atoms with Crippen LogP contribution in [0.4, 0.5) is 0 Å². The zero-order valence-electron chi connectivity index (χ0n) is 21.7. The van der Waals surface area contributed by atoms with Crippen molar-refractivity contribution in [2.75, 3.05) is 35.5 Å². The first-order chi connectivity index (χ1) is 15.7. The van der Waals surface area contributed by atoms with Crippen molar-refractivity contribution in [3.8, 4) is 28.7 Å². The third-order valence-electron chi connectivity index (χ3n) is 4.67. The lowest BCUT2D eigenvalue weighted by atomic mass is 10.1. The molecule has 0 saturated carbocycles. The van der Waals surface area contributed by atoms with Crippen LogP contribution in [0.5, 0.6) is 28.7 Å². The summed E-state index contributed by atoms with van der Waals surface area (Å²) in [5.74, 6) is 3.69. The second kappa shape index (κ2) is 13.9. The second-order valence-corrected chi connectivity index (χ2v) is 7.76. The summed E-state index contributed by atoms with van der Waals surface area (Å²) in [6, 6.07) is 16.1. The average molecular weight is 455 g/mol. The molecule has 0 bridgehead atoms. The molecule has 0 amide bonds. The van der Waals surface area contributed by atoms with E-state index in [1.807, 2.05) is 44.2 Å². The Balaban J connectivity index is 0.000000252. The lowest BCUT2D eigenvalue weighted by Gasteiger charge is -2.12. The molecule has 0 saturated heterocycles. The van der Waals surface area contributed by atoms with E-state index in [9.17, 15) is 0 Å². The maximum Gasteiger partial charge on any atom is 0.203 e. The number of rotatable bonds is 5. The molecule has 33 heavy (non-hydrogen) atoms. The van der Waals surface area contributed by atoms with Gasteiger partial charge in [0, 0.05) is 6.07 Å². The highest BCUT2D eigenvalue weighted by Crippen LogP contribution is 2.37. The number of methoxy groups -OCH3 is 5. The zero-order chi connectivity index (χ0) is 25.0. The standard InChI is InChI=1S/C10H14O3.C9H12O2.C9H12/c1-7-5-8(11-2)10(13-4)9(6-7)12-3;1-7-4-8(10-2)6-9(5-7)11-3;1-7-4-8(2)6-9(3)5-7/h5-6H,1-4H3;4-6H,1-3H3;4-6H,1-3H3. The smallest absolute Gasteiger partial charge is 0.203 e. The molecule has 0 unspecified atom stereocenters. The molecule has 180 valence electrons. The Morgan fingerprint density at radius 3 is 1.00 bits per heavy atom. The Kier molecular flexibility index (Phi) is 11.7. The Labute approximate surface area is 199 Å².